The Morgan fingerprint density at radius 2 is 0.919 bits per heavy atom. The highest BCUT2D eigenvalue weighted by atomic mass is 31.2. The number of unbranched alkanes of at least 4 members (excludes halogenated alkanes) is 10. The highest BCUT2D eigenvalue weighted by Gasteiger charge is 2.51. The third-order valence-electron chi connectivity index (χ3n) is 9.97. The Balaban J connectivity index is 2.54. The molecule has 1 saturated carbocycles. The molecule has 0 heterocycles. The van der Waals surface area contributed by atoms with Crippen molar-refractivity contribution in [3.63, 3.8) is 0 Å². The number of hydrogen-bond donors (Lipinski definition) is 6. The minimum atomic E-state index is -5.15. The average Bonchev–Trinajstić information content (AvgIpc) is 3.25. The molecule has 354 valence electrons. The summed E-state index contributed by atoms with van der Waals surface area (Å²) in [6.07, 6.45) is 35.0. The van der Waals surface area contributed by atoms with Crippen molar-refractivity contribution in [1.82, 2.24) is 0 Å². The lowest BCUT2D eigenvalue weighted by Gasteiger charge is -2.41. The smallest absolute Gasteiger partial charge is 0.462 e. The molecule has 0 saturated heterocycles. The van der Waals surface area contributed by atoms with E-state index in [2.05, 4.69) is 80.7 Å². The summed E-state index contributed by atoms with van der Waals surface area (Å²) in [6, 6.07) is 0. The summed E-state index contributed by atoms with van der Waals surface area (Å²) in [5.41, 5.74) is 0. The maximum atomic E-state index is 12.8. The number of carbonyl (C=O) groups excluding carboxylic acids is 2. The molecular formula is C48H79O13P. The second-order valence-corrected chi connectivity index (χ2v) is 16.9. The van der Waals surface area contributed by atoms with E-state index in [-0.39, 0.29) is 12.8 Å². The van der Waals surface area contributed by atoms with Gasteiger partial charge in [0.25, 0.3) is 0 Å². The van der Waals surface area contributed by atoms with Crippen molar-refractivity contribution < 1.29 is 63.1 Å². The number of rotatable bonds is 36. The summed E-state index contributed by atoms with van der Waals surface area (Å²) in [7, 11) is -5.15. The molecule has 8 atom stereocenters. The lowest BCUT2D eigenvalue weighted by molar-refractivity contribution is -0.220. The Morgan fingerprint density at radius 3 is 1.44 bits per heavy atom. The minimum absolute atomic E-state index is 0.0344. The molecule has 6 N–H and O–H groups in total. The topological polar surface area (TPSA) is 210 Å². The summed E-state index contributed by atoms with van der Waals surface area (Å²) in [4.78, 5) is 35.6. The van der Waals surface area contributed by atoms with E-state index < -0.39 is 75.7 Å². The molecule has 0 aliphatic heterocycles. The second-order valence-electron chi connectivity index (χ2n) is 15.5. The summed E-state index contributed by atoms with van der Waals surface area (Å²) >= 11 is 0. The van der Waals surface area contributed by atoms with Crippen LogP contribution in [0.25, 0.3) is 0 Å². The molecule has 13 nitrogen and oxygen atoms in total. The summed E-state index contributed by atoms with van der Waals surface area (Å²) in [5.74, 6) is -1.22. The highest BCUT2D eigenvalue weighted by Crippen LogP contribution is 2.47. The molecule has 0 bridgehead atoms. The van der Waals surface area contributed by atoms with E-state index >= 15 is 0 Å². The molecule has 1 aliphatic carbocycles. The van der Waals surface area contributed by atoms with E-state index in [1.165, 1.54) is 32.1 Å². The fourth-order valence-corrected chi connectivity index (χ4v) is 7.20. The van der Waals surface area contributed by atoms with Crippen LogP contribution < -0.4 is 0 Å². The van der Waals surface area contributed by atoms with Crippen molar-refractivity contribution in [2.75, 3.05) is 13.2 Å². The first-order chi connectivity index (χ1) is 29.9. The van der Waals surface area contributed by atoms with Crippen LogP contribution in [0.4, 0.5) is 0 Å². The lowest BCUT2D eigenvalue weighted by Crippen LogP contribution is -2.64. The van der Waals surface area contributed by atoms with Gasteiger partial charge in [0.05, 0.1) is 6.61 Å². The molecule has 1 rings (SSSR count). The van der Waals surface area contributed by atoms with Crippen molar-refractivity contribution in [3.8, 4) is 0 Å². The SMILES string of the molecule is CCCC/C=C/C/C=C/CCCCCCCC(=O)OC[C@H](COP(=O)(O)OC1C(O)C(O)C(O)[C@H](O)C1O)OC(=O)CC/C=C/C/C=C/C/C=C/C/C=C/C/C=C/CCCCC. The van der Waals surface area contributed by atoms with Crippen LogP contribution in [0.1, 0.15) is 149 Å². The van der Waals surface area contributed by atoms with Gasteiger partial charge in [-0.15, -0.1) is 0 Å². The van der Waals surface area contributed by atoms with Crippen LogP contribution in [-0.2, 0) is 32.7 Å². The fraction of sp³-hybridized carbons (Fsp3) is 0.667. The molecule has 62 heavy (non-hydrogen) atoms. The van der Waals surface area contributed by atoms with Crippen LogP contribution in [-0.4, -0.2) is 98.3 Å². The number of carbonyl (C=O) groups is 2. The molecular weight excluding hydrogens is 815 g/mol. The number of aliphatic hydroxyl groups excluding tert-OH is 5. The Bertz CT molecular complexity index is 1400. The number of ether oxygens (including phenoxy) is 2. The Labute approximate surface area is 371 Å². The molecule has 0 radical (unpaired) electrons. The molecule has 0 aromatic heterocycles. The van der Waals surface area contributed by atoms with Gasteiger partial charge < -0.3 is 39.9 Å². The van der Waals surface area contributed by atoms with E-state index in [1.807, 2.05) is 18.2 Å². The van der Waals surface area contributed by atoms with Gasteiger partial charge in [-0.25, -0.2) is 4.57 Å². The van der Waals surface area contributed by atoms with E-state index in [0.29, 0.717) is 19.3 Å². The quantitative estimate of drug-likeness (QED) is 0.0150. The Morgan fingerprint density at radius 1 is 0.500 bits per heavy atom. The van der Waals surface area contributed by atoms with Crippen LogP contribution in [0.15, 0.2) is 85.1 Å². The largest absolute Gasteiger partial charge is 0.472 e. The Kier molecular flexibility index (Phi) is 34.4. The first-order valence-corrected chi connectivity index (χ1v) is 24.4. The van der Waals surface area contributed by atoms with Gasteiger partial charge >= 0.3 is 19.8 Å². The molecule has 0 aromatic carbocycles. The zero-order valence-corrected chi connectivity index (χ0v) is 38.3. The van der Waals surface area contributed by atoms with E-state index in [4.69, 9.17) is 18.5 Å². The molecule has 14 heteroatoms. The van der Waals surface area contributed by atoms with Gasteiger partial charge in [-0.2, -0.15) is 0 Å². The monoisotopic (exact) mass is 895 g/mol. The van der Waals surface area contributed by atoms with Gasteiger partial charge in [-0.1, -0.05) is 144 Å². The summed E-state index contributed by atoms with van der Waals surface area (Å²) in [6.45, 7) is 3.14. The number of aliphatic hydroxyl groups is 5. The molecule has 0 aromatic rings. The zero-order valence-electron chi connectivity index (χ0n) is 37.4. The number of phosphoric acid groups is 1. The predicted molar refractivity (Wildman–Crippen MR) is 244 cm³/mol. The first-order valence-electron chi connectivity index (χ1n) is 22.9. The maximum Gasteiger partial charge on any atom is 0.472 e. The van der Waals surface area contributed by atoms with Gasteiger partial charge in [0, 0.05) is 12.8 Å². The number of allylic oxidation sites excluding steroid dienone is 14. The van der Waals surface area contributed by atoms with Gasteiger partial charge in [0.2, 0.25) is 0 Å². The normalized spacial score (nSPS) is 22.6. The van der Waals surface area contributed by atoms with Crippen LogP contribution in [0.5, 0.6) is 0 Å². The highest BCUT2D eigenvalue weighted by molar-refractivity contribution is 7.47. The van der Waals surface area contributed by atoms with Gasteiger partial charge in [-0.05, 0) is 77.0 Å². The summed E-state index contributed by atoms with van der Waals surface area (Å²) in [5, 5.41) is 50.1. The Hall–Kier alpha value is -2.97. The standard InChI is InChI=1S/C48H79O13P/c1-3-5-7-9-11-13-15-17-19-20-21-22-23-25-27-29-31-33-35-37-42(50)60-40(39-59-62(56,57)61-48-46(54)44(52)43(51)45(53)47(48)55)38-58-41(49)36-34-32-30-28-26-24-18-16-14-12-10-8-6-4-2/h10-13,16-19,21-22,25,27,31,33,40,43-48,51-55H,3-9,14-15,20,23-24,26,28-30,32,34-39H2,1-2H3,(H,56,57)/b12-10+,13-11+,18-16+,19-17+,22-21+,27-25+,33-31+/t40-,43?,44+,45?,46?,47?,48?/m1/s1. The first kappa shape index (κ1) is 57.0. The maximum absolute atomic E-state index is 12.8. The summed E-state index contributed by atoms with van der Waals surface area (Å²) < 4.78 is 33.4. The molecule has 1 aliphatic rings. The van der Waals surface area contributed by atoms with Crippen molar-refractivity contribution in [2.45, 2.75) is 191 Å². The minimum Gasteiger partial charge on any atom is -0.462 e. The van der Waals surface area contributed by atoms with Crippen molar-refractivity contribution in [2.24, 2.45) is 0 Å². The van der Waals surface area contributed by atoms with E-state index in [9.17, 15) is 44.6 Å². The van der Waals surface area contributed by atoms with Crippen LogP contribution >= 0.6 is 7.82 Å². The fourth-order valence-electron chi connectivity index (χ4n) is 6.23. The average molecular weight is 895 g/mol. The molecule has 6 unspecified atom stereocenters. The molecule has 0 amide bonds. The van der Waals surface area contributed by atoms with E-state index in [1.54, 1.807) is 0 Å². The zero-order chi connectivity index (χ0) is 45.7. The van der Waals surface area contributed by atoms with Crippen molar-refractivity contribution in [3.05, 3.63) is 85.1 Å². The third-order valence-corrected chi connectivity index (χ3v) is 11.0. The van der Waals surface area contributed by atoms with Crippen molar-refractivity contribution in [1.29, 1.82) is 0 Å². The van der Waals surface area contributed by atoms with Crippen LogP contribution in [0, 0.1) is 0 Å². The van der Waals surface area contributed by atoms with Gasteiger partial charge in [-0.3, -0.25) is 18.6 Å². The third kappa shape index (κ3) is 29.4. The van der Waals surface area contributed by atoms with Gasteiger partial charge in [0.1, 0.15) is 43.2 Å². The van der Waals surface area contributed by atoms with Crippen LogP contribution in [0.3, 0.4) is 0 Å². The van der Waals surface area contributed by atoms with Gasteiger partial charge in [0.15, 0.2) is 6.10 Å². The number of esters is 2. The molecule has 0 spiro atoms. The number of hydrogen-bond acceptors (Lipinski definition) is 12. The van der Waals surface area contributed by atoms with Crippen molar-refractivity contribution >= 4 is 19.8 Å². The number of phosphoric ester groups is 1. The van der Waals surface area contributed by atoms with Crippen LogP contribution in [0.2, 0.25) is 0 Å². The second kappa shape index (κ2) is 37.4. The van der Waals surface area contributed by atoms with E-state index in [0.717, 1.165) is 70.6 Å². The predicted octanol–water partition coefficient (Wildman–Crippen LogP) is 8.89. The molecule has 1 fully saturated rings. The lowest BCUT2D eigenvalue weighted by atomic mass is 9.85.